The molecule has 0 bridgehead atoms. The lowest BCUT2D eigenvalue weighted by molar-refractivity contribution is -0.162. The van der Waals surface area contributed by atoms with Crippen molar-refractivity contribution in [1.82, 2.24) is 38.5 Å². The molecule has 83 heavy (non-hydrogen) atoms. The van der Waals surface area contributed by atoms with Crippen molar-refractivity contribution in [3.05, 3.63) is 116 Å². The molecule has 3 amide bonds. The number of piperidine rings is 1. The number of Topliss-reactive ketones (excluding diaryl/α,β-unsaturated/α-hetero) is 1. The molecule has 0 spiro atoms. The fourth-order valence-corrected chi connectivity index (χ4v) is 15.1. The Morgan fingerprint density at radius 1 is 0.807 bits per heavy atom. The fourth-order valence-electron chi connectivity index (χ4n) is 12.8. The number of rotatable bonds is 19. The zero-order valence-corrected chi connectivity index (χ0v) is 50.6. The van der Waals surface area contributed by atoms with Crippen molar-refractivity contribution < 1.29 is 37.5 Å². The van der Waals surface area contributed by atoms with E-state index < -0.39 is 62.9 Å². The van der Waals surface area contributed by atoms with Crippen molar-refractivity contribution in [1.29, 1.82) is 0 Å². The number of carboxylic acids is 1. The Morgan fingerprint density at radius 2 is 1.45 bits per heavy atom. The van der Waals surface area contributed by atoms with Gasteiger partial charge in [-0.1, -0.05) is 94.4 Å². The number of unbranched alkanes of at least 4 members (excludes halogenated alkanes) is 2. The minimum Gasteiger partial charge on any atom is -0.481 e. The summed E-state index contributed by atoms with van der Waals surface area (Å²) in [6.45, 7) is 13.5. The van der Waals surface area contributed by atoms with Crippen LogP contribution in [0.25, 0.3) is 11.0 Å². The first-order chi connectivity index (χ1) is 39.4. The van der Waals surface area contributed by atoms with Crippen LogP contribution in [0.1, 0.15) is 150 Å². The van der Waals surface area contributed by atoms with Crippen molar-refractivity contribution in [2.45, 2.75) is 136 Å². The highest BCUT2D eigenvalue weighted by Gasteiger charge is 2.55. The summed E-state index contributed by atoms with van der Waals surface area (Å²) < 4.78 is 32.4. The Hall–Kier alpha value is -6.48. The molecular formula is C61H76Cl2N10O9S. The first kappa shape index (κ1) is 61.1. The van der Waals surface area contributed by atoms with Crippen molar-refractivity contribution >= 4 is 91.2 Å². The second-order valence-corrected chi connectivity index (χ2v) is 27.1. The number of hydrogen-bond acceptors (Lipinski definition) is 13. The number of aliphatic carboxylic acids is 1. The van der Waals surface area contributed by atoms with Gasteiger partial charge in [-0.15, -0.1) is 0 Å². The smallest absolute Gasteiger partial charge is 0.304 e. The maximum Gasteiger partial charge on any atom is 0.304 e. The van der Waals surface area contributed by atoms with Crippen LogP contribution in [-0.2, 0) is 29.2 Å². The number of hydrogen-bond donors (Lipinski definition) is 2. The van der Waals surface area contributed by atoms with E-state index in [-0.39, 0.29) is 73.8 Å². The number of benzene rings is 2. The van der Waals surface area contributed by atoms with E-state index in [1.54, 1.807) is 58.8 Å². The van der Waals surface area contributed by atoms with E-state index in [2.05, 4.69) is 20.2 Å². The molecule has 9 rings (SSSR count). The van der Waals surface area contributed by atoms with E-state index in [0.717, 1.165) is 42.5 Å². The number of carbonyl (C=O) groups is 5. The maximum atomic E-state index is 15.1. The van der Waals surface area contributed by atoms with Crippen molar-refractivity contribution in [3.63, 3.8) is 0 Å². The number of aromatic nitrogens is 4. The van der Waals surface area contributed by atoms with Crippen LogP contribution in [0.2, 0.25) is 10.0 Å². The number of ketones is 1. The number of likely N-dealkylation sites (tertiary alicyclic amines) is 1. The van der Waals surface area contributed by atoms with Gasteiger partial charge in [0.15, 0.2) is 5.78 Å². The molecule has 6 heterocycles. The van der Waals surface area contributed by atoms with Crippen LogP contribution in [0, 0.1) is 17.8 Å². The number of carbonyl (C=O) groups excluding carboxylic acids is 4. The number of anilines is 3. The number of nitrogens with zero attached hydrogens (tertiary/aromatic N) is 9. The van der Waals surface area contributed by atoms with Gasteiger partial charge in [-0.3, -0.25) is 33.3 Å². The normalized spacial score (nSPS) is 20.7. The first-order valence-corrected chi connectivity index (χ1v) is 31.3. The topological polar surface area (TPSA) is 229 Å². The highest BCUT2D eigenvalue weighted by Crippen LogP contribution is 2.53. The van der Waals surface area contributed by atoms with Gasteiger partial charge in [-0.25, -0.2) is 18.4 Å². The lowest BCUT2D eigenvalue weighted by Crippen LogP contribution is -2.61. The molecule has 3 saturated heterocycles. The van der Waals surface area contributed by atoms with E-state index in [9.17, 15) is 37.5 Å². The minimum atomic E-state index is -4.05. The van der Waals surface area contributed by atoms with Crippen LogP contribution >= 0.6 is 23.2 Å². The van der Waals surface area contributed by atoms with E-state index in [4.69, 9.17) is 28.2 Å². The van der Waals surface area contributed by atoms with Gasteiger partial charge in [0.2, 0.25) is 33.7 Å². The Morgan fingerprint density at radius 3 is 2.02 bits per heavy atom. The summed E-state index contributed by atoms with van der Waals surface area (Å²) in [5, 5.41) is 15.0. The predicted molar refractivity (Wildman–Crippen MR) is 321 cm³/mol. The molecule has 444 valence electrons. The van der Waals surface area contributed by atoms with Gasteiger partial charge in [-0.2, -0.15) is 9.29 Å². The molecule has 1 saturated carbocycles. The number of amides is 3. The predicted octanol–water partition coefficient (Wildman–Crippen LogP) is 9.59. The largest absolute Gasteiger partial charge is 0.481 e. The zero-order chi connectivity index (χ0) is 59.5. The summed E-state index contributed by atoms with van der Waals surface area (Å²) in [6.07, 6.45) is 9.44. The van der Waals surface area contributed by atoms with Gasteiger partial charge in [0, 0.05) is 98.8 Å². The van der Waals surface area contributed by atoms with Crippen molar-refractivity contribution in [2.24, 2.45) is 10.8 Å². The Bertz CT molecular complexity index is 3410. The van der Waals surface area contributed by atoms with Gasteiger partial charge in [0.1, 0.15) is 11.5 Å². The second kappa shape index (κ2) is 25.4. The quantitative estimate of drug-likeness (QED) is 0.0580. The summed E-state index contributed by atoms with van der Waals surface area (Å²) in [5.41, 5.74) is 1.22. The van der Waals surface area contributed by atoms with Gasteiger partial charge in [0.05, 0.1) is 47.1 Å². The van der Waals surface area contributed by atoms with E-state index in [1.807, 2.05) is 68.1 Å². The highest BCUT2D eigenvalue weighted by atomic mass is 35.5. The van der Waals surface area contributed by atoms with Crippen LogP contribution in [0.3, 0.4) is 0 Å². The monoisotopic (exact) mass is 1190 g/mol. The molecular weight excluding hydrogens is 1120 g/mol. The summed E-state index contributed by atoms with van der Waals surface area (Å²) in [4.78, 5) is 102. The molecule has 19 nitrogen and oxygen atoms in total. The number of fused-ring (bicyclic) bond motifs is 1. The fraction of sp³-hybridized carbons (Fsp3) is 0.525. The molecule has 4 aliphatic rings. The second-order valence-electron chi connectivity index (χ2n) is 24.2. The average Bonchev–Trinajstić information content (AvgIpc) is 1.88. The van der Waals surface area contributed by atoms with Crippen LogP contribution in [0.4, 0.5) is 17.5 Å². The van der Waals surface area contributed by atoms with Gasteiger partial charge in [-0.05, 0) is 104 Å². The lowest BCUT2D eigenvalue weighted by Gasteiger charge is -2.54. The number of piperazine rings is 2. The molecule has 22 heteroatoms. The standard InChI is InChI=1S/C61H76Cl2N10O9S/c1-39-48-37-65-59(67-56(48)72(45-15-10-11-16-45)57(79)54(39)40(2)74)66-50-24-23-46(36-64-50)68-25-27-69(28-26-68)51(75)17-8-7-9-18-52(76)70-29-31-71(32-30-70)83(81,82)38-49(60(3,4)5)73-55(41-19-21-43(62)22-20-41)47(42-13-12-14-44(63)33-42)34-61(6,58(73)80)35-53(77)78/h12-14,19-24,33,36-37,45,47,49,55H,7-11,15-18,25-32,34-35,38H2,1-6H3,(H,77,78)(H,64,65,66,67)/t47-,49-,55-,61-/m1/s1. The van der Waals surface area contributed by atoms with E-state index in [1.165, 1.54) is 11.2 Å². The molecule has 4 fully saturated rings. The van der Waals surface area contributed by atoms with Crippen LogP contribution < -0.4 is 15.8 Å². The summed E-state index contributed by atoms with van der Waals surface area (Å²) in [7, 11) is -4.05. The van der Waals surface area contributed by atoms with Gasteiger partial charge >= 0.3 is 5.97 Å². The summed E-state index contributed by atoms with van der Waals surface area (Å²) in [5.74, 6) is -1.90. The highest BCUT2D eigenvalue weighted by molar-refractivity contribution is 7.89. The Balaban J connectivity index is 0.743. The Labute approximate surface area is 495 Å². The third kappa shape index (κ3) is 13.7. The summed E-state index contributed by atoms with van der Waals surface area (Å²) in [6, 6.07) is 16.6. The zero-order valence-electron chi connectivity index (χ0n) is 48.3. The van der Waals surface area contributed by atoms with Crippen LogP contribution in [0.5, 0.6) is 0 Å². The molecule has 0 radical (unpaired) electrons. The molecule has 1 aliphatic carbocycles. The number of aryl methyl sites for hydroxylation is 1. The van der Waals surface area contributed by atoms with Crippen LogP contribution in [0.15, 0.2) is 77.9 Å². The number of nitrogens with one attached hydrogen (secondary N) is 1. The number of sulfonamides is 1. The molecule has 0 unspecified atom stereocenters. The SMILES string of the molecule is CC(=O)c1c(C)c2cnc(Nc3ccc(N4CCN(C(=O)CCCCCC(=O)N5CCN(S(=O)(=O)C[C@@H](N6C(=O)[C@@](C)(CC(=O)O)C[C@H](c7cccc(Cl)c7)[C@H]6c6ccc(Cl)cc6)C(C)(C)C)CC5)CC4)cn3)nc2n(C2CCCC2)c1=O. The molecule has 3 aromatic heterocycles. The molecule has 3 aliphatic heterocycles. The van der Waals surface area contributed by atoms with Crippen LogP contribution in [-0.4, -0.2) is 146 Å². The summed E-state index contributed by atoms with van der Waals surface area (Å²) >= 11 is 12.9. The maximum absolute atomic E-state index is 15.1. The molecule has 4 atom stereocenters. The average molecular weight is 1200 g/mol. The number of pyridine rings is 2. The Kier molecular flexibility index (Phi) is 18.7. The minimum absolute atomic E-state index is 0.0313. The number of carboxylic acid groups (broad SMARTS) is 1. The molecule has 2 aromatic carbocycles. The van der Waals surface area contributed by atoms with Crippen molar-refractivity contribution in [2.75, 3.05) is 68.3 Å². The molecule has 2 N–H and O–H groups in total. The van der Waals surface area contributed by atoms with E-state index in [0.29, 0.717) is 90.3 Å². The third-order valence-electron chi connectivity index (χ3n) is 17.3. The van der Waals surface area contributed by atoms with Crippen molar-refractivity contribution in [3.8, 4) is 0 Å². The lowest BCUT2D eigenvalue weighted by atomic mass is 9.66. The first-order valence-electron chi connectivity index (χ1n) is 28.9. The van der Waals surface area contributed by atoms with Gasteiger partial charge < -0.3 is 30.0 Å². The van der Waals surface area contributed by atoms with E-state index >= 15 is 4.79 Å². The third-order valence-corrected chi connectivity index (χ3v) is 19.7. The number of halogens is 2. The van der Waals surface area contributed by atoms with Gasteiger partial charge in [0.25, 0.3) is 5.56 Å². The molecule has 5 aromatic rings.